The highest BCUT2D eigenvalue weighted by molar-refractivity contribution is 7.89. The van der Waals surface area contributed by atoms with E-state index in [1.807, 2.05) is 24.3 Å². The van der Waals surface area contributed by atoms with E-state index in [2.05, 4.69) is 17.4 Å². The third-order valence-corrected chi connectivity index (χ3v) is 6.93. The largest absolute Gasteiger partial charge is 0.312 e. The molecule has 2 aromatic rings. The third kappa shape index (κ3) is 4.29. The molecule has 0 radical (unpaired) electrons. The molecule has 0 aliphatic heterocycles. The normalized spacial score (nSPS) is 20.9. The highest BCUT2D eigenvalue weighted by Gasteiger charge is 2.36. The number of nitrogens with zero attached hydrogens (tertiary/aromatic N) is 1. The van der Waals surface area contributed by atoms with Crippen molar-refractivity contribution < 1.29 is 8.42 Å². The van der Waals surface area contributed by atoms with Crippen LogP contribution in [0.5, 0.6) is 0 Å². The van der Waals surface area contributed by atoms with Gasteiger partial charge in [0.25, 0.3) is 0 Å². The molecule has 1 saturated carbocycles. The van der Waals surface area contributed by atoms with Crippen molar-refractivity contribution >= 4 is 10.0 Å². The number of rotatable bonds is 7. The molecule has 1 aliphatic carbocycles. The maximum atomic E-state index is 12.9. The van der Waals surface area contributed by atoms with E-state index in [0.717, 1.165) is 32.2 Å². The van der Waals surface area contributed by atoms with E-state index < -0.39 is 10.0 Å². The molecule has 134 valence electrons. The number of nitrogens with one attached hydrogen (secondary N) is 1. The molecule has 0 heterocycles. The fourth-order valence-corrected chi connectivity index (χ4v) is 5.04. The molecule has 2 atom stereocenters. The Hall–Kier alpha value is -1.69. The first-order valence-corrected chi connectivity index (χ1v) is 10.3. The molecule has 4 nitrogen and oxygen atoms in total. The van der Waals surface area contributed by atoms with Crippen molar-refractivity contribution in [1.29, 1.82) is 0 Å². The summed E-state index contributed by atoms with van der Waals surface area (Å²) in [6.45, 7) is 0.865. The lowest BCUT2D eigenvalue weighted by atomic mass is 10.1. The summed E-state index contributed by atoms with van der Waals surface area (Å²) < 4.78 is 27.3. The predicted octanol–water partition coefficient (Wildman–Crippen LogP) is 3.06. The van der Waals surface area contributed by atoms with Crippen molar-refractivity contribution in [3.63, 3.8) is 0 Å². The predicted molar refractivity (Wildman–Crippen MR) is 101 cm³/mol. The topological polar surface area (TPSA) is 49.4 Å². The van der Waals surface area contributed by atoms with Crippen molar-refractivity contribution in [3.8, 4) is 0 Å². The van der Waals surface area contributed by atoms with Gasteiger partial charge >= 0.3 is 0 Å². The fourth-order valence-electron chi connectivity index (χ4n) is 3.60. The van der Waals surface area contributed by atoms with Gasteiger partial charge in [0.15, 0.2) is 0 Å². The van der Waals surface area contributed by atoms with Gasteiger partial charge in [-0.3, -0.25) is 0 Å². The maximum absolute atomic E-state index is 12.9. The van der Waals surface area contributed by atoms with Crippen molar-refractivity contribution in [3.05, 3.63) is 66.2 Å². The molecule has 25 heavy (non-hydrogen) atoms. The molecule has 2 aromatic carbocycles. The second-order valence-corrected chi connectivity index (χ2v) is 8.63. The van der Waals surface area contributed by atoms with Crippen molar-refractivity contribution in [2.75, 3.05) is 13.6 Å². The quantitative estimate of drug-likeness (QED) is 0.827. The second-order valence-electron chi connectivity index (χ2n) is 6.63. The molecular formula is C20H26N2O2S. The monoisotopic (exact) mass is 358 g/mol. The molecule has 0 saturated heterocycles. The zero-order valence-electron chi connectivity index (χ0n) is 14.6. The Morgan fingerprint density at radius 3 is 2.32 bits per heavy atom. The molecule has 0 unspecified atom stereocenters. The van der Waals surface area contributed by atoms with Gasteiger partial charge in [0.1, 0.15) is 0 Å². The SMILES string of the molecule is CN([C@H]1CCC[C@@H]1NCCc1ccccc1)S(=O)(=O)c1ccccc1. The van der Waals surface area contributed by atoms with Crippen LogP contribution in [0.1, 0.15) is 24.8 Å². The van der Waals surface area contributed by atoms with Crippen molar-refractivity contribution in [2.24, 2.45) is 0 Å². The Morgan fingerprint density at radius 1 is 1.00 bits per heavy atom. The van der Waals surface area contributed by atoms with Gasteiger partial charge in [-0.25, -0.2) is 8.42 Å². The lowest BCUT2D eigenvalue weighted by Gasteiger charge is -2.29. The highest BCUT2D eigenvalue weighted by atomic mass is 32.2. The summed E-state index contributed by atoms with van der Waals surface area (Å²) in [6, 6.07) is 19.3. The summed E-state index contributed by atoms with van der Waals surface area (Å²) in [7, 11) is -1.73. The van der Waals surface area contributed by atoms with Crippen molar-refractivity contribution in [1.82, 2.24) is 9.62 Å². The van der Waals surface area contributed by atoms with Crippen LogP contribution in [0, 0.1) is 0 Å². The molecule has 5 heteroatoms. The van der Waals surface area contributed by atoms with Crippen LogP contribution in [-0.4, -0.2) is 38.4 Å². The van der Waals surface area contributed by atoms with E-state index in [1.54, 1.807) is 35.6 Å². The second kappa shape index (κ2) is 8.13. The third-order valence-electron chi connectivity index (χ3n) is 5.03. The van der Waals surface area contributed by atoms with Crippen LogP contribution in [0.15, 0.2) is 65.6 Å². The van der Waals surface area contributed by atoms with Gasteiger partial charge in [-0.15, -0.1) is 0 Å². The van der Waals surface area contributed by atoms with Gasteiger partial charge < -0.3 is 5.32 Å². The zero-order chi connectivity index (χ0) is 17.7. The Balaban J connectivity index is 1.62. The summed E-state index contributed by atoms with van der Waals surface area (Å²) in [4.78, 5) is 0.368. The summed E-state index contributed by atoms with van der Waals surface area (Å²) in [5.41, 5.74) is 1.30. The van der Waals surface area contributed by atoms with Gasteiger partial charge in [0.2, 0.25) is 10.0 Å². The molecule has 0 spiro atoms. The zero-order valence-corrected chi connectivity index (χ0v) is 15.5. The highest BCUT2D eigenvalue weighted by Crippen LogP contribution is 2.27. The molecule has 0 aromatic heterocycles. The van der Waals surface area contributed by atoms with Crippen LogP contribution in [0.2, 0.25) is 0 Å². The maximum Gasteiger partial charge on any atom is 0.243 e. The molecule has 1 aliphatic rings. The first-order chi connectivity index (χ1) is 12.1. The minimum Gasteiger partial charge on any atom is -0.312 e. The fraction of sp³-hybridized carbons (Fsp3) is 0.400. The Bertz CT molecular complexity index is 763. The van der Waals surface area contributed by atoms with E-state index >= 15 is 0 Å². The van der Waals surface area contributed by atoms with E-state index in [1.165, 1.54) is 5.56 Å². The van der Waals surface area contributed by atoms with E-state index in [-0.39, 0.29) is 12.1 Å². The molecule has 3 rings (SSSR count). The van der Waals surface area contributed by atoms with Crippen LogP contribution in [0.25, 0.3) is 0 Å². The van der Waals surface area contributed by atoms with Crippen LogP contribution < -0.4 is 5.32 Å². The minimum absolute atomic E-state index is 0.0148. The summed E-state index contributed by atoms with van der Waals surface area (Å²) >= 11 is 0. The first-order valence-electron chi connectivity index (χ1n) is 8.89. The van der Waals surface area contributed by atoms with Gasteiger partial charge in [-0.2, -0.15) is 4.31 Å². The standard InChI is InChI=1S/C20H26N2O2S/c1-22(25(23,24)18-11-6-3-7-12-18)20-14-8-13-19(20)21-16-15-17-9-4-2-5-10-17/h2-7,9-12,19-21H,8,13-16H2,1H3/t19-,20-/m0/s1. The Labute approximate surface area is 150 Å². The van der Waals surface area contributed by atoms with Crippen molar-refractivity contribution in [2.45, 2.75) is 42.7 Å². The van der Waals surface area contributed by atoms with Crippen LogP contribution in [0.4, 0.5) is 0 Å². The minimum atomic E-state index is -3.44. The number of hydrogen-bond acceptors (Lipinski definition) is 3. The van der Waals surface area contributed by atoms with Crippen LogP contribution >= 0.6 is 0 Å². The van der Waals surface area contributed by atoms with E-state index in [0.29, 0.717) is 4.90 Å². The van der Waals surface area contributed by atoms with Gasteiger partial charge in [0, 0.05) is 19.1 Å². The smallest absolute Gasteiger partial charge is 0.243 e. The lowest BCUT2D eigenvalue weighted by Crippen LogP contribution is -2.47. The number of likely N-dealkylation sites (N-methyl/N-ethyl adjacent to an activating group) is 1. The number of benzene rings is 2. The first kappa shape index (κ1) is 18.1. The molecule has 1 fully saturated rings. The average molecular weight is 359 g/mol. The van der Waals surface area contributed by atoms with Crippen LogP contribution in [0.3, 0.4) is 0 Å². The molecule has 0 bridgehead atoms. The summed E-state index contributed by atoms with van der Waals surface area (Å²) in [5.74, 6) is 0. The molecule has 1 N–H and O–H groups in total. The van der Waals surface area contributed by atoms with Gasteiger partial charge in [-0.05, 0) is 43.5 Å². The van der Waals surface area contributed by atoms with Gasteiger partial charge in [-0.1, -0.05) is 55.0 Å². The average Bonchev–Trinajstić information content (AvgIpc) is 3.11. The number of hydrogen-bond donors (Lipinski definition) is 1. The molecule has 0 amide bonds. The Morgan fingerprint density at radius 2 is 1.64 bits per heavy atom. The lowest BCUT2D eigenvalue weighted by molar-refractivity contribution is 0.315. The van der Waals surface area contributed by atoms with Gasteiger partial charge in [0.05, 0.1) is 4.90 Å². The van der Waals surface area contributed by atoms with E-state index in [4.69, 9.17) is 0 Å². The summed E-state index contributed by atoms with van der Waals surface area (Å²) in [5, 5.41) is 3.58. The van der Waals surface area contributed by atoms with Crippen LogP contribution in [-0.2, 0) is 16.4 Å². The van der Waals surface area contributed by atoms with E-state index in [9.17, 15) is 8.42 Å². The Kier molecular flexibility index (Phi) is 5.89. The summed E-state index contributed by atoms with van der Waals surface area (Å²) in [6.07, 6.45) is 3.95. The number of sulfonamides is 1. The molecular weight excluding hydrogens is 332 g/mol.